The van der Waals surface area contributed by atoms with Crippen LogP contribution in [-0.4, -0.2) is 57.1 Å². The van der Waals surface area contributed by atoms with Crippen molar-refractivity contribution in [3.63, 3.8) is 0 Å². The zero-order chi connectivity index (χ0) is 21.1. The van der Waals surface area contributed by atoms with Gasteiger partial charge in [0.2, 0.25) is 5.91 Å². The molecule has 0 saturated carbocycles. The van der Waals surface area contributed by atoms with Crippen LogP contribution in [-0.2, 0) is 16.1 Å². The summed E-state index contributed by atoms with van der Waals surface area (Å²) < 4.78 is 1.79. The molecule has 0 N–H and O–H groups in total. The Labute approximate surface area is 172 Å². The number of likely N-dealkylation sites (tertiary alicyclic amines) is 1. The summed E-state index contributed by atoms with van der Waals surface area (Å²) >= 11 is 0. The molecule has 0 bridgehead atoms. The molecular weight excluding hydrogens is 366 g/mol. The van der Waals surface area contributed by atoms with Crippen molar-refractivity contribution in [3.05, 3.63) is 36.0 Å². The van der Waals surface area contributed by atoms with E-state index in [0.717, 1.165) is 30.2 Å². The van der Waals surface area contributed by atoms with Gasteiger partial charge in [0, 0.05) is 42.3 Å². The van der Waals surface area contributed by atoms with Gasteiger partial charge in [0.05, 0.1) is 5.56 Å². The molecule has 2 atom stereocenters. The summed E-state index contributed by atoms with van der Waals surface area (Å²) in [5, 5.41) is 0.718. The molecule has 1 saturated heterocycles. The summed E-state index contributed by atoms with van der Waals surface area (Å²) in [5.74, 6) is -0.933. The van der Waals surface area contributed by atoms with Gasteiger partial charge in [-0.25, -0.2) is 0 Å². The number of nitrogens with zero attached hydrogens (tertiary/aromatic N) is 3. The minimum Gasteiger partial charge on any atom is -0.342 e. The Morgan fingerprint density at radius 1 is 1.03 bits per heavy atom. The molecule has 2 amide bonds. The monoisotopic (exact) mass is 397 g/mol. The highest BCUT2D eigenvalue weighted by Crippen LogP contribution is 2.26. The molecule has 29 heavy (non-hydrogen) atoms. The molecule has 0 spiro atoms. The molecule has 156 valence electrons. The van der Waals surface area contributed by atoms with Gasteiger partial charge < -0.3 is 14.4 Å². The van der Waals surface area contributed by atoms with Gasteiger partial charge in [0.1, 0.15) is 6.54 Å². The van der Waals surface area contributed by atoms with E-state index in [1.54, 1.807) is 20.6 Å². The number of likely N-dealkylation sites (N-methyl/N-ethyl adjacent to an activating group) is 1. The van der Waals surface area contributed by atoms with E-state index < -0.39 is 11.7 Å². The van der Waals surface area contributed by atoms with Crippen molar-refractivity contribution in [3.8, 4) is 0 Å². The van der Waals surface area contributed by atoms with E-state index in [1.807, 2.05) is 52.0 Å². The third-order valence-corrected chi connectivity index (χ3v) is 6.08. The largest absolute Gasteiger partial charge is 0.342 e. The molecule has 1 aliphatic rings. The summed E-state index contributed by atoms with van der Waals surface area (Å²) in [5.41, 5.74) is 1.17. The molecule has 2 heterocycles. The van der Waals surface area contributed by atoms with Crippen LogP contribution in [0.25, 0.3) is 10.9 Å². The fourth-order valence-electron chi connectivity index (χ4n) is 4.43. The maximum absolute atomic E-state index is 13.2. The van der Waals surface area contributed by atoms with Crippen molar-refractivity contribution in [1.82, 2.24) is 14.4 Å². The van der Waals surface area contributed by atoms with Crippen LogP contribution in [0.1, 0.15) is 57.3 Å². The number of Topliss-reactive ketones (excluding diaryl/α,β-unsaturated/α-hetero) is 1. The molecule has 1 aromatic carbocycles. The van der Waals surface area contributed by atoms with E-state index in [-0.39, 0.29) is 24.5 Å². The Balaban J connectivity index is 1.94. The third kappa shape index (κ3) is 4.07. The number of fused-ring (bicyclic) bond motifs is 1. The quantitative estimate of drug-likeness (QED) is 0.554. The predicted octanol–water partition coefficient (Wildman–Crippen LogP) is 3.48. The minimum atomic E-state index is -0.490. The predicted molar refractivity (Wildman–Crippen MR) is 114 cm³/mol. The van der Waals surface area contributed by atoms with Crippen LogP contribution in [0.5, 0.6) is 0 Å². The van der Waals surface area contributed by atoms with Gasteiger partial charge in [-0.15, -0.1) is 0 Å². The highest BCUT2D eigenvalue weighted by molar-refractivity contribution is 6.45. The standard InChI is InChI=1S/C23H31N3O3/c1-5-24(6-2)21(27)15-25-14-19(18-12-7-8-13-20(18)25)22(28)23(29)26-16(3)10-9-11-17(26)4/h7-8,12-14,16-17H,5-6,9-11,15H2,1-4H3. The Morgan fingerprint density at radius 2 is 1.66 bits per heavy atom. The summed E-state index contributed by atoms with van der Waals surface area (Å²) in [6, 6.07) is 7.59. The van der Waals surface area contributed by atoms with E-state index in [1.165, 1.54) is 0 Å². The van der Waals surface area contributed by atoms with Gasteiger partial charge in [-0.2, -0.15) is 0 Å². The van der Waals surface area contributed by atoms with E-state index in [4.69, 9.17) is 0 Å². The van der Waals surface area contributed by atoms with E-state index in [9.17, 15) is 14.4 Å². The summed E-state index contributed by atoms with van der Waals surface area (Å²) in [4.78, 5) is 42.4. The van der Waals surface area contributed by atoms with Crippen molar-refractivity contribution < 1.29 is 14.4 Å². The lowest BCUT2D eigenvalue weighted by Crippen LogP contribution is -2.50. The van der Waals surface area contributed by atoms with Crippen LogP contribution in [0.3, 0.4) is 0 Å². The second kappa shape index (κ2) is 8.80. The highest BCUT2D eigenvalue weighted by atomic mass is 16.2. The number of ketones is 1. The second-order valence-electron chi connectivity index (χ2n) is 7.92. The maximum atomic E-state index is 13.2. The molecule has 0 radical (unpaired) electrons. The van der Waals surface area contributed by atoms with Gasteiger partial charge in [-0.1, -0.05) is 18.2 Å². The van der Waals surface area contributed by atoms with Gasteiger partial charge in [0.25, 0.3) is 11.7 Å². The Hall–Kier alpha value is -2.63. The van der Waals surface area contributed by atoms with Crippen molar-refractivity contribution in [2.75, 3.05) is 13.1 Å². The fraction of sp³-hybridized carbons (Fsp3) is 0.522. The summed E-state index contributed by atoms with van der Waals surface area (Å²) in [6.07, 6.45) is 4.59. The van der Waals surface area contributed by atoms with Crippen molar-refractivity contribution >= 4 is 28.5 Å². The number of amides is 2. The topological polar surface area (TPSA) is 62.6 Å². The average molecular weight is 398 g/mol. The van der Waals surface area contributed by atoms with Gasteiger partial charge in [0.15, 0.2) is 0 Å². The van der Waals surface area contributed by atoms with Crippen molar-refractivity contribution in [2.24, 2.45) is 0 Å². The first-order valence-corrected chi connectivity index (χ1v) is 10.6. The molecule has 6 nitrogen and oxygen atoms in total. The molecule has 0 aliphatic carbocycles. The molecule has 6 heteroatoms. The Kier molecular flexibility index (Phi) is 6.40. The Morgan fingerprint density at radius 3 is 2.28 bits per heavy atom. The van der Waals surface area contributed by atoms with Crippen LogP contribution in [0.4, 0.5) is 0 Å². The normalized spacial score (nSPS) is 19.4. The first-order valence-electron chi connectivity index (χ1n) is 10.6. The van der Waals surface area contributed by atoms with E-state index in [0.29, 0.717) is 18.7 Å². The van der Waals surface area contributed by atoms with E-state index >= 15 is 0 Å². The van der Waals surface area contributed by atoms with E-state index in [2.05, 4.69) is 0 Å². The minimum absolute atomic E-state index is 0.000599. The molecule has 1 fully saturated rings. The van der Waals surface area contributed by atoms with Crippen molar-refractivity contribution in [2.45, 2.75) is 65.6 Å². The summed E-state index contributed by atoms with van der Waals surface area (Å²) in [7, 11) is 0. The second-order valence-corrected chi connectivity index (χ2v) is 7.92. The lowest BCUT2D eigenvalue weighted by molar-refractivity contribution is -0.132. The first kappa shape index (κ1) is 21.1. The molecule has 2 unspecified atom stereocenters. The number of piperidine rings is 1. The molecular formula is C23H31N3O3. The van der Waals surface area contributed by atoms with Crippen LogP contribution in [0, 0.1) is 0 Å². The third-order valence-electron chi connectivity index (χ3n) is 6.08. The highest BCUT2D eigenvalue weighted by Gasteiger charge is 2.34. The number of rotatable bonds is 6. The number of para-hydroxylation sites is 1. The number of hydrogen-bond acceptors (Lipinski definition) is 3. The number of carbonyl (C=O) groups excluding carboxylic acids is 3. The SMILES string of the molecule is CCN(CC)C(=O)Cn1cc(C(=O)C(=O)N2C(C)CCCC2C)c2ccccc21. The van der Waals surface area contributed by atoms with Crippen LogP contribution < -0.4 is 0 Å². The molecule has 3 rings (SSSR count). The number of benzene rings is 1. The van der Waals surface area contributed by atoms with Gasteiger partial charge in [-0.05, 0) is 53.0 Å². The zero-order valence-electron chi connectivity index (χ0n) is 17.9. The number of hydrogen-bond donors (Lipinski definition) is 0. The van der Waals surface area contributed by atoms with Crippen LogP contribution in [0.2, 0.25) is 0 Å². The molecule has 1 aromatic heterocycles. The number of aromatic nitrogens is 1. The molecule has 2 aromatic rings. The van der Waals surface area contributed by atoms with Gasteiger partial charge >= 0.3 is 0 Å². The first-order chi connectivity index (χ1) is 13.9. The molecule has 1 aliphatic heterocycles. The van der Waals surface area contributed by atoms with Gasteiger partial charge in [-0.3, -0.25) is 14.4 Å². The van der Waals surface area contributed by atoms with Crippen LogP contribution >= 0.6 is 0 Å². The Bertz CT molecular complexity index is 903. The number of carbonyl (C=O) groups is 3. The van der Waals surface area contributed by atoms with Crippen molar-refractivity contribution in [1.29, 1.82) is 0 Å². The van der Waals surface area contributed by atoms with Crippen LogP contribution in [0.15, 0.2) is 30.5 Å². The lowest BCUT2D eigenvalue weighted by atomic mass is 9.96. The fourth-order valence-corrected chi connectivity index (χ4v) is 4.43. The zero-order valence-corrected chi connectivity index (χ0v) is 17.9. The summed E-state index contributed by atoms with van der Waals surface area (Å²) in [6.45, 7) is 9.35. The lowest BCUT2D eigenvalue weighted by Gasteiger charge is -2.38. The maximum Gasteiger partial charge on any atom is 0.295 e. The average Bonchev–Trinajstić information content (AvgIpc) is 3.06. The smallest absolute Gasteiger partial charge is 0.295 e.